The second-order valence-electron chi connectivity index (χ2n) is 15.4. The Morgan fingerprint density at radius 2 is 0.879 bits per heavy atom. The van der Waals surface area contributed by atoms with Gasteiger partial charge in [0, 0.05) is 16.8 Å². The van der Waals surface area contributed by atoms with Gasteiger partial charge in [-0.3, -0.25) is 0 Å². The number of anilines is 3. The van der Waals surface area contributed by atoms with Crippen molar-refractivity contribution in [3.63, 3.8) is 0 Å². The van der Waals surface area contributed by atoms with Crippen LogP contribution in [0.15, 0.2) is 176 Å². The van der Waals surface area contributed by atoms with Crippen molar-refractivity contribution in [2.75, 3.05) is 12.0 Å². The van der Waals surface area contributed by atoms with Gasteiger partial charge in [0.05, 0.1) is 12.8 Å². The average Bonchev–Trinajstić information content (AvgIpc) is 3.25. The molecule has 0 bridgehead atoms. The topological polar surface area (TPSA) is 12.5 Å². The van der Waals surface area contributed by atoms with Crippen LogP contribution in [0, 0.1) is 34.6 Å². The van der Waals surface area contributed by atoms with Crippen LogP contribution < -0.4 is 9.64 Å². The van der Waals surface area contributed by atoms with E-state index < -0.39 is 0 Å². The van der Waals surface area contributed by atoms with Gasteiger partial charge in [-0.2, -0.15) is 0 Å². The van der Waals surface area contributed by atoms with Crippen LogP contribution in [0.25, 0.3) is 34.1 Å². The molecule has 0 unspecified atom stereocenters. The summed E-state index contributed by atoms with van der Waals surface area (Å²) in [5.74, 6) is 0.839. The van der Waals surface area contributed by atoms with Crippen molar-refractivity contribution in [2.24, 2.45) is 0 Å². The van der Waals surface area contributed by atoms with Crippen LogP contribution in [0.3, 0.4) is 0 Å². The second kappa shape index (κ2) is 16.7. The summed E-state index contributed by atoms with van der Waals surface area (Å²) in [5.41, 5.74) is 18.9. The van der Waals surface area contributed by atoms with Gasteiger partial charge < -0.3 is 9.64 Å². The Bertz CT molecular complexity index is 2660. The molecule has 2 nitrogen and oxygen atoms in total. The molecule has 0 aliphatic heterocycles. The average molecular weight is 752 g/mol. The summed E-state index contributed by atoms with van der Waals surface area (Å²) in [6.45, 7) is 10.7. The van der Waals surface area contributed by atoms with Crippen molar-refractivity contribution in [3.8, 4) is 5.75 Å². The Morgan fingerprint density at radius 3 is 1.34 bits per heavy atom. The van der Waals surface area contributed by atoms with Gasteiger partial charge in [-0.15, -0.1) is 0 Å². The van der Waals surface area contributed by atoms with E-state index in [1.165, 1.54) is 72.0 Å². The van der Waals surface area contributed by atoms with E-state index in [4.69, 9.17) is 4.74 Å². The molecule has 0 N–H and O–H groups in total. The van der Waals surface area contributed by atoms with Crippen LogP contribution in [0.4, 0.5) is 17.1 Å². The number of rotatable bonds is 10. The van der Waals surface area contributed by atoms with Crippen LogP contribution in [0.1, 0.15) is 61.2 Å². The number of hydrogen-bond donors (Lipinski definition) is 0. The number of nitrogens with zero attached hydrogens (tertiary/aromatic N) is 1. The normalized spacial score (nSPS) is 10.9. The van der Waals surface area contributed by atoms with Crippen molar-refractivity contribution in [3.05, 3.63) is 237 Å². The highest BCUT2D eigenvalue weighted by Gasteiger charge is 2.19. The highest BCUT2D eigenvalue weighted by Crippen LogP contribution is 2.43. The van der Waals surface area contributed by atoms with Gasteiger partial charge in [-0.1, -0.05) is 162 Å². The van der Waals surface area contributed by atoms with E-state index in [0.717, 1.165) is 33.9 Å². The smallest absolute Gasteiger partial charge is 0.119 e. The third-order valence-electron chi connectivity index (χ3n) is 11.0. The molecule has 284 valence electrons. The third kappa shape index (κ3) is 8.14. The molecule has 0 spiro atoms. The zero-order valence-corrected chi connectivity index (χ0v) is 34.3. The van der Waals surface area contributed by atoms with Gasteiger partial charge in [-0.25, -0.2) is 0 Å². The summed E-state index contributed by atoms with van der Waals surface area (Å²) in [7, 11) is 1.72. The monoisotopic (exact) mass is 751 g/mol. The van der Waals surface area contributed by atoms with Crippen molar-refractivity contribution in [1.29, 1.82) is 0 Å². The van der Waals surface area contributed by atoms with E-state index in [2.05, 4.69) is 228 Å². The highest BCUT2D eigenvalue weighted by atomic mass is 16.5. The number of benzene rings is 8. The lowest BCUT2D eigenvalue weighted by molar-refractivity contribution is 0.414. The molecule has 0 amide bonds. The first-order valence-electron chi connectivity index (χ1n) is 20.0. The van der Waals surface area contributed by atoms with Crippen LogP contribution in [-0.4, -0.2) is 7.11 Å². The SMILES string of the molecule is COc1ccc(N(c2ccc(C=C(c3ccc(C)cc3)c3ccc(C)cc3)cc2)c2ccc(C=C(c3ccc(C)cc3)c3ccc(C)cc3)c3ccccc23)c(C)c1. The third-order valence-corrected chi connectivity index (χ3v) is 11.0. The van der Waals surface area contributed by atoms with Crippen molar-refractivity contribution in [2.45, 2.75) is 34.6 Å². The predicted octanol–water partition coefficient (Wildman–Crippen LogP) is 15.0. The summed E-state index contributed by atoms with van der Waals surface area (Å²) < 4.78 is 5.66. The Hall–Kier alpha value is -6.90. The number of aryl methyl sites for hydroxylation is 5. The van der Waals surface area contributed by atoms with Crippen LogP contribution >= 0.6 is 0 Å². The van der Waals surface area contributed by atoms with E-state index in [-0.39, 0.29) is 0 Å². The first-order valence-corrected chi connectivity index (χ1v) is 20.0. The predicted molar refractivity (Wildman–Crippen MR) is 249 cm³/mol. The Kier molecular flexibility index (Phi) is 10.9. The zero-order valence-electron chi connectivity index (χ0n) is 34.3. The molecule has 2 heteroatoms. The Balaban J connectivity index is 1.27. The largest absolute Gasteiger partial charge is 0.497 e. The van der Waals surface area contributed by atoms with Crippen molar-refractivity contribution < 1.29 is 4.74 Å². The van der Waals surface area contributed by atoms with Gasteiger partial charge in [0.1, 0.15) is 5.75 Å². The van der Waals surface area contributed by atoms with Crippen molar-refractivity contribution >= 4 is 51.1 Å². The maximum absolute atomic E-state index is 5.66. The van der Waals surface area contributed by atoms with Crippen LogP contribution in [0.2, 0.25) is 0 Å². The molecule has 0 fully saturated rings. The fraction of sp³-hybridized carbons (Fsp3) is 0.107. The maximum Gasteiger partial charge on any atom is 0.119 e. The van der Waals surface area contributed by atoms with E-state index in [1.54, 1.807) is 7.11 Å². The molecule has 8 rings (SSSR count). The molecule has 0 atom stereocenters. The lowest BCUT2D eigenvalue weighted by atomic mass is 9.92. The van der Waals surface area contributed by atoms with Gasteiger partial charge >= 0.3 is 0 Å². The van der Waals surface area contributed by atoms with E-state index in [1.807, 2.05) is 0 Å². The minimum Gasteiger partial charge on any atom is -0.497 e. The lowest BCUT2D eigenvalue weighted by Crippen LogP contribution is -2.12. The zero-order chi connectivity index (χ0) is 40.2. The lowest BCUT2D eigenvalue weighted by Gasteiger charge is -2.29. The maximum atomic E-state index is 5.66. The first kappa shape index (κ1) is 38.0. The number of ether oxygens (including phenoxy) is 1. The molecular formula is C56H49NO. The standard InChI is InChI=1S/C56H49NO/c1-38-11-21-44(22-12-38)53(45-23-13-39(2)14-24-45)36-43-19-30-49(31-20-43)57(55-34-32-50(58-6)35-42(55)5)56-33-29-48(51-9-7-8-10-52(51)56)37-54(46-25-15-40(3)16-26-46)47-27-17-41(4)18-28-47/h7-37H,1-6H3. The van der Waals surface area contributed by atoms with Crippen LogP contribution in [-0.2, 0) is 0 Å². The fourth-order valence-corrected chi connectivity index (χ4v) is 7.68. The molecule has 8 aromatic rings. The fourth-order valence-electron chi connectivity index (χ4n) is 7.68. The van der Waals surface area contributed by atoms with Gasteiger partial charge in [0.15, 0.2) is 0 Å². The van der Waals surface area contributed by atoms with Gasteiger partial charge in [0.25, 0.3) is 0 Å². The molecule has 0 aromatic heterocycles. The van der Waals surface area contributed by atoms with E-state index in [9.17, 15) is 0 Å². The Morgan fingerprint density at radius 1 is 0.431 bits per heavy atom. The van der Waals surface area contributed by atoms with E-state index in [0.29, 0.717) is 0 Å². The summed E-state index contributed by atoms with van der Waals surface area (Å²) in [6, 6.07) is 64.0. The highest BCUT2D eigenvalue weighted by molar-refractivity contribution is 6.06. The molecule has 0 aliphatic carbocycles. The number of methoxy groups -OCH3 is 1. The summed E-state index contributed by atoms with van der Waals surface area (Å²) >= 11 is 0. The molecular weight excluding hydrogens is 703 g/mol. The first-order chi connectivity index (χ1) is 28.2. The summed E-state index contributed by atoms with van der Waals surface area (Å²) in [5, 5.41) is 2.36. The summed E-state index contributed by atoms with van der Waals surface area (Å²) in [4.78, 5) is 2.39. The van der Waals surface area contributed by atoms with E-state index >= 15 is 0 Å². The van der Waals surface area contributed by atoms with Crippen molar-refractivity contribution in [1.82, 2.24) is 0 Å². The molecule has 0 saturated heterocycles. The molecule has 0 radical (unpaired) electrons. The molecule has 0 aliphatic rings. The van der Waals surface area contributed by atoms with Gasteiger partial charge in [-0.05, 0) is 139 Å². The minimum absolute atomic E-state index is 0.839. The molecule has 58 heavy (non-hydrogen) atoms. The number of fused-ring (bicyclic) bond motifs is 1. The van der Waals surface area contributed by atoms with Gasteiger partial charge in [0.2, 0.25) is 0 Å². The molecule has 0 saturated carbocycles. The second-order valence-corrected chi connectivity index (χ2v) is 15.4. The number of hydrogen-bond acceptors (Lipinski definition) is 2. The Labute approximate surface area is 344 Å². The quantitative estimate of drug-likeness (QED) is 0.129. The molecule has 8 aromatic carbocycles. The minimum atomic E-state index is 0.839. The van der Waals surface area contributed by atoms with Crippen LogP contribution in [0.5, 0.6) is 5.75 Å². The summed E-state index contributed by atoms with van der Waals surface area (Å²) in [6.07, 6.45) is 4.66. The molecule has 0 heterocycles.